The zero-order valence-corrected chi connectivity index (χ0v) is 13.6. The third kappa shape index (κ3) is 4.79. The molecule has 2 unspecified atom stereocenters. The quantitative estimate of drug-likeness (QED) is 0.808. The summed E-state index contributed by atoms with van der Waals surface area (Å²) in [5.74, 6) is -0.547. The number of urea groups is 1. The van der Waals surface area contributed by atoms with Crippen LogP contribution in [0.3, 0.4) is 0 Å². The number of methoxy groups -OCH3 is 1. The lowest BCUT2D eigenvalue weighted by Gasteiger charge is -2.22. The number of esters is 1. The van der Waals surface area contributed by atoms with Gasteiger partial charge in [0.1, 0.15) is 6.04 Å². The number of hydrogen-bond acceptors (Lipinski definition) is 3. The molecule has 0 aliphatic carbocycles. The summed E-state index contributed by atoms with van der Waals surface area (Å²) in [6.45, 7) is 3.78. The maximum Gasteiger partial charge on any atom is 0.328 e. The van der Waals surface area contributed by atoms with Gasteiger partial charge in [0.15, 0.2) is 0 Å². The number of carbonyl (C=O) groups is 2. The Hall–Kier alpha value is -1.46. The maximum absolute atomic E-state index is 12.0. The number of nitrogens with one attached hydrogen (secondary N) is 2. The van der Waals surface area contributed by atoms with E-state index in [4.69, 9.17) is 27.9 Å². The van der Waals surface area contributed by atoms with Crippen LogP contribution in [0.25, 0.3) is 0 Å². The van der Waals surface area contributed by atoms with Crippen molar-refractivity contribution < 1.29 is 14.3 Å². The molecule has 7 heteroatoms. The number of halogens is 2. The smallest absolute Gasteiger partial charge is 0.328 e. The zero-order valence-electron chi connectivity index (χ0n) is 12.1. The van der Waals surface area contributed by atoms with Crippen molar-refractivity contribution >= 4 is 40.9 Å². The van der Waals surface area contributed by atoms with Crippen LogP contribution in [0.1, 0.15) is 20.3 Å². The molecule has 0 fully saturated rings. The maximum atomic E-state index is 12.0. The Morgan fingerprint density at radius 1 is 1.33 bits per heavy atom. The molecular weight excluding hydrogens is 315 g/mol. The summed E-state index contributed by atoms with van der Waals surface area (Å²) in [5, 5.41) is 5.73. The van der Waals surface area contributed by atoms with Crippen molar-refractivity contribution in [3.8, 4) is 0 Å². The van der Waals surface area contributed by atoms with E-state index in [9.17, 15) is 9.59 Å². The Morgan fingerprint density at radius 2 is 2.00 bits per heavy atom. The predicted octanol–water partition coefficient (Wildman–Crippen LogP) is 3.70. The second-order valence-corrected chi connectivity index (χ2v) is 5.37. The third-order valence-corrected chi connectivity index (χ3v) is 3.97. The highest BCUT2D eigenvalue weighted by Crippen LogP contribution is 2.29. The Bertz CT molecular complexity index is 523. The second kappa shape index (κ2) is 8.10. The van der Waals surface area contributed by atoms with Crippen LogP contribution in [0.15, 0.2) is 18.2 Å². The molecular formula is C14H18Cl2N2O3. The van der Waals surface area contributed by atoms with Crippen molar-refractivity contribution in [2.24, 2.45) is 5.92 Å². The standard InChI is InChI=1S/C14H18Cl2N2O3/c1-4-8(2)12(13(19)21-3)18-14(20)17-10-7-5-6-9(15)11(10)16/h5-8,12H,4H2,1-3H3,(H2,17,18,20). The van der Waals surface area contributed by atoms with Crippen molar-refractivity contribution in [2.75, 3.05) is 12.4 Å². The molecule has 0 aromatic heterocycles. The van der Waals surface area contributed by atoms with Crippen LogP contribution in [0.4, 0.5) is 10.5 Å². The summed E-state index contributed by atoms with van der Waals surface area (Å²) in [6, 6.07) is 3.62. The molecule has 0 aliphatic rings. The van der Waals surface area contributed by atoms with E-state index in [0.717, 1.165) is 6.42 Å². The van der Waals surface area contributed by atoms with Gasteiger partial charge in [-0.1, -0.05) is 49.5 Å². The molecule has 1 rings (SSSR count). The van der Waals surface area contributed by atoms with Crippen LogP contribution < -0.4 is 10.6 Å². The van der Waals surface area contributed by atoms with Crippen LogP contribution >= 0.6 is 23.2 Å². The van der Waals surface area contributed by atoms with E-state index in [2.05, 4.69) is 10.6 Å². The molecule has 116 valence electrons. The lowest BCUT2D eigenvalue weighted by Crippen LogP contribution is -2.47. The molecule has 0 bridgehead atoms. The number of benzene rings is 1. The SMILES string of the molecule is CCC(C)C(NC(=O)Nc1cccc(Cl)c1Cl)C(=O)OC. The fourth-order valence-corrected chi connectivity index (χ4v) is 2.04. The second-order valence-electron chi connectivity index (χ2n) is 4.59. The lowest BCUT2D eigenvalue weighted by molar-refractivity contribution is -0.144. The normalized spacial score (nSPS) is 13.2. The van der Waals surface area contributed by atoms with Crippen molar-refractivity contribution in [2.45, 2.75) is 26.3 Å². The van der Waals surface area contributed by atoms with Gasteiger partial charge in [-0.25, -0.2) is 9.59 Å². The number of carbonyl (C=O) groups excluding carboxylic acids is 2. The van der Waals surface area contributed by atoms with Gasteiger partial charge in [0.05, 0.1) is 22.8 Å². The Balaban J connectivity index is 2.78. The highest BCUT2D eigenvalue weighted by Gasteiger charge is 2.26. The van der Waals surface area contributed by atoms with Gasteiger partial charge in [0, 0.05) is 0 Å². The van der Waals surface area contributed by atoms with E-state index in [-0.39, 0.29) is 10.9 Å². The van der Waals surface area contributed by atoms with Crippen LogP contribution in [0.5, 0.6) is 0 Å². The molecule has 0 saturated carbocycles. The predicted molar refractivity (Wildman–Crippen MR) is 83.9 cm³/mol. The first-order valence-electron chi connectivity index (χ1n) is 6.50. The van der Waals surface area contributed by atoms with Gasteiger partial charge in [-0.3, -0.25) is 0 Å². The molecule has 5 nitrogen and oxygen atoms in total. The fourth-order valence-electron chi connectivity index (χ4n) is 1.70. The minimum absolute atomic E-state index is 0.0574. The first kappa shape index (κ1) is 17.6. The Labute approximate surface area is 133 Å². The van der Waals surface area contributed by atoms with Gasteiger partial charge < -0.3 is 15.4 Å². The lowest BCUT2D eigenvalue weighted by atomic mass is 9.99. The first-order valence-corrected chi connectivity index (χ1v) is 7.25. The number of amides is 2. The molecule has 1 aromatic carbocycles. The zero-order chi connectivity index (χ0) is 16.0. The van der Waals surface area contributed by atoms with Crippen LogP contribution in [-0.4, -0.2) is 25.2 Å². The summed E-state index contributed by atoms with van der Waals surface area (Å²) in [6.07, 6.45) is 0.720. The summed E-state index contributed by atoms with van der Waals surface area (Å²) < 4.78 is 4.70. The van der Waals surface area contributed by atoms with Crippen molar-refractivity contribution in [3.63, 3.8) is 0 Å². The molecule has 1 aromatic rings. The third-order valence-electron chi connectivity index (χ3n) is 3.15. The van der Waals surface area contributed by atoms with E-state index in [1.807, 2.05) is 13.8 Å². The summed E-state index contributed by atoms with van der Waals surface area (Å²) in [5.41, 5.74) is 0.370. The van der Waals surface area contributed by atoms with Crippen molar-refractivity contribution in [1.82, 2.24) is 5.32 Å². The van der Waals surface area contributed by atoms with Crippen LogP contribution in [0.2, 0.25) is 10.0 Å². The first-order chi connectivity index (χ1) is 9.90. The summed E-state index contributed by atoms with van der Waals surface area (Å²) in [7, 11) is 1.28. The molecule has 2 atom stereocenters. The Kier molecular flexibility index (Phi) is 6.78. The molecule has 0 spiro atoms. The molecule has 21 heavy (non-hydrogen) atoms. The molecule has 2 N–H and O–H groups in total. The minimum Gasteiger partial charge on any atom is -0.467 e. The van der Waals surface area contributed by atoms with E-state index in [1.54, 1.807) is 18.2 Å². The molecule has 0 heterocycles. The molecule has 0 saturated heterocycles. The monoisotopic (exact) mass is 332 g/mol. The highest BCUT2D eigenvalue weighted by molar-refractivity contribution is 6.43. The van der Waals surface area contributed by atoms with Gasteiger partial charge in [0.2, 0.25) is 0 Å². The topological polar surface area (TPSA) is 67.4 Å². The summed E-state index contributed by atoms with van der Waals surface area (Å²) >= 11 is 11.9. The van der Waals surface area contributed by atoms with Gasteiger partial charge in [-0.05, 0) is 18.1 Å². The van der Waals surface area contributed by atoms with E-state index in [0.29, 0.717) is 10.7 Å². The van der Waals surface area contributed by atoms with Crippen LogP contribution in [-0.2, 0) is 9.53 Å². The van der Waals surface area contributed by atoms with Gasteiger partial charge in [-0.2, -0.15) is 0 Å². The minimum atomic E-state index is -0.724. The Morgan fingerprint density at radius 3 is 2.57 bits per heavy atom. The van der Waals surface area contributed by atoms with Crippen molar-refractivity contribution in [1.29, 1.82) is 0 Å². The van der Waals surface area contributed by atoms with Gasteiger partial charge >= 0.3 is 12.0 Å². The molecule has 2 amide bonds. The van der Waals surface area contributed by atoms with E-state index >= 15 is 0 Å². The number of ether oxygens (including phenoxy) is 1. The van der Waals surface area contributed by atoms with Gasteiger partial charge in [0.25, 0.3) is 0 Å². The average Bonchev–Trinajstić information content (AvgIpc) is 2.48. The summed E-state index contributed by atoms with van der Waals surface area (Å²) in [4.78, 5) is 23.7. The van der Waals surface area contributed by atoms with Crippen molar-refractivity contribution in [3.05, 3.63) is 28.2 Å². The van der Waals surface area contributed by atoms with E-state index in [1.165, 1.54) is 7.11 Å². The number of rotatable bonds is 5. The number of hydrogen-bond donors (Lipinski definition) is 2. The molecule has 0 aliphatic heterocycles. The fraction of sp³-hybridized carbons (Fsp3) is 0.429. The van der Waals surface area contributed by atoms with Gasteiger partial charge in [-0.15, -0.1) is 0 Å². The van der Waals surface area contributed by atoms with Crippen LogP contribution in [0, 0.1) is 5.92 Å². The molecule has 0 radical (unpaired) electrons. The number of anilines is 1. The average molecular weight is 333 g/mol. The van der Waals surface area contributed by atoms with E-state index < -0.39 is 18.0 Å². The largest absolute Gasteiger partial charge is 0.467 e. The highest BCUT2D eigenvalue weighted by atomic mass is 35.5.